The Morgan fingerprint density at radius 3 is 2.82 bits per heavy atom. The third-order valence-electron chi connectivity index (χ3n) is 2.30. The fraction of sp³-hybridized carbons (Fsp3) is 0.100. The van der Waals surface area contributed by atoms with Gasteiger partial charge < -0.3 is 10.3 Å². The summed E-state index contributed by atoms with van der Waals surface area (Å²) in [5, 5.41) is 3.41. The van der Waals surface area contributed by atoms with Crippen molar-refractivity contribution in [2.75, 3.05) is 10.5 Å². The number of anilines is 2. The van der Waals surface area contributed by atoms with E-state index in [0.717, 1.165) is 0 Å². The Hall–Kier alpha value is -2.02. The number of aromatic nitrogens is 1. The molecule has 7 heteroatoms. The summed E-state index contributed by atoms with van der Waals surface area (Å²) in [5.74, 6) is 0. The van der Waals surface area contributed by atoms with Crippen LogP contribution in [0.4, 0.5) is 11.4 Å². The zero-order chi connectivity index (χ0) is 12.5. The van der Waals surface area contributed by atoms with E-state index in [4.69, 9.17) is 5.73 Å². The molecule has 90 valence electrons. The minimum Gasteiger partial charge on any atom is -0.398 e. The molecule has 0 unspecified atom stereocenters. The quantitative estimate of drug-likeness (QED) is 0.805. The molecule has 1 heterocycles. The number of nitrogens with one attached hydrogen (secondary N) is 1. The molecule has 0 spiro atoms. The molecule has 0 aliphatic heterocycles. The Morgan fingerprint density at radius 2 is 2.18 bits per heavy atom. The van der Waals surface area contributed by atoms with Crippen LogP contribution >= 0.6 is 0 Å². The summed E-state index contributed by atoms with van der Waals surface area (Å²) in [7, 11) is -3.67. The lowest BCUT2D eigenvalue weighted by Crippen LogP contribution is -2.14. The summed E-state index contributed by atoms with van der Waals surface area (Å²) in [5.41, 5.74) is 6.88. The first-order valence-electron chi connectivity index (χ1n) is 4.78. The topological polar surface area (TPSA) is 98.2 Å². The summed E-state index contributed by atoms with van der Waals surface area (Å²) >= 11 is 0. The lowest BCUT2D eigenvalue weighted by atomic mass is 10.2. The second kappa shape index (κ2) is 4.10. The predicted molar refractivity (Wildman–Crippen MR) is 62.9 cm³/mol. The molecule has 0 aliphatic carbocycles. The molecule has 0 radical (unpaired) electrons. The van der Waals surface area contributed by atoms with Crippen LogP contribution in [0.2, 0.25) is 0 Å². The molecular formula is C10H11N3O3S. The first-order valence-corrected chi connectivity index (χ1v) is 6.26. The van der Waals surface area contributed by atoms with Crippen LogP contribution < -0.4 is 10.5 Å². The molecular weight excluding hydrogens is 242 g/mol. The Morgan fingerprint density at radius 1 is 1.41 bits per heavy atom. The van der Waals surface area contributed by atoms with Crippen LogP contribution in [0.1, 0.15) is 5.56 Å². The van der Waals surface area contributed by atoms with Gasteiger partial charge in [-0.2, -0.15) is 0 Å². The highest BCUT2D eigenvalue weighted by Gasteiger charge is 2.18. The summed E-state index contributed by atoms with van der Waals surface area (Å²) in [6.45, 7) is 1.65. The van der Waals surface area contributed by atoms with Crippen molar-refractivity contribution >= 4 is 21.4 Å². The molecule has 0 bridgehead atoms. The molecule has 0 atom stereocenters. The van der Waals surface area contributed by atoms with Gasteiger partial charge in [-0.25, -0.2) is 8.42 Å². The number of nitrogen functional groups attached to an aromatic ring is 1. The van der Waals surface area contributed by atoms with Gasteiger partial charge in [0, 0.05) is 5.69 Å². The van der Waals surface area contributed by atoms with Crippen molar-refractivity contribution in [3.8, 4) is 0 Å². The Labute approximate surface area is 98.5 Å². The van der Waals surface area contributed by atoms with E-state index >= 15 is 0 Å². The van der Waals surface area contributed by atoms with E-state index in [-0.39, 0.29) is 10.6 Å². The monoisotopic (exact) mass is 253 g/mol. The largest absolute Gasteiger partial charge is 0.398 e. The fourth-order valence-corrected chi connectivity index (χ4v) is 2.69. The van der Waals surface area contributed by atoms with E-state index in [1.165, 1.54) is 18.5 Å². The van der Waals surface area contributed by atoms with Gasteiger partial charge in [-0.3, -0.25) is 4.72 Å². The number of nitrogens with two attached hydrogens (primary N) is 1. The normalized spacial score (nSPS) is 11.4. The molecule has 1 aromatic carbocycles. The number of sulfonamides is 1. The van der Waals surface area contributed by atoms with Crippen LogP contribution in [0.15, 0.2) is 40.1 Å². The first-order chi connectivity index (χ1) is 8.00. The summed E-state index contributed by atoms with van der Waals surface area (Å²) in [6.07, 6.45) is 2.48. The van der Waals surface area contributed by atoms with Crippen molar-refractivity contribution in [1.82, 2.24) is 5.16 Å². The van der Waals surface area contributed by atoms with Gasteiger partial charge in [0.25, 0.3) is 10.0 Å². The average molecular weight is 253 g/mol. The number of benzene rings is 1. The molecule has 0 fully saturated rings. The summed E-state index contributed by atoms with van der Waals surface area (Å²) in [6, 6.07) is 4.72. The van der Waals surface area contributed by atoms with E-state index in [9.17, 15) is 8.42 Å². The van der Waals surface area contributed by atoms with Gasteiger partial charge in [-0.15, -0.1) is 0 Å². The van der Waals surface area contributed by atoms with Crippen molar-refractivity contribution in [1.29, 1.82) is 0 Å². The first kappa shape index (κ1) is 11.5. The number of rotatable bonds is 3. The van der Waals surface area contributed by atoms with Crippen molar-refractivity contribution in [2.45, 2.75) is 11.8 Å². The zero-order valence-electron chi connectivity index (χ0n) is 9.04. The number of nitrogens with zero attached hydrogens (tertiary/aromatic N) is 1. The van der Waals surface area contributed by atoms with E-state index in [1.807, 2.05) is 0 Å². The average Bonchev–Trinajstić information content (AvgIpc) is 2.73. The SMILES string of the molecule is Cc1c(N)cccc1S(=O)(=O)Nc1cnoc1. The third kappa shape index (κ3) is 2.23. The molecule has 6 nitrogen and oxygen atoms in total. The lowest BCUT2D eigenvalue weighted by molar-refractivity contribution is 0.420. The van der Waals surface area contributed by atoms with E-state index in [0.29, 0.717) is 11.3 Å². The van der Waals surface area contributed by atoms with Crippen LogP contribution in [0.5, 0.6) is 0 Å². The van der Waals surface area contributed by atoms with Crippen LogP contribution in [-0.4, -0.2) is 13.6 Å². The summed E-state index contributed by atoms with van der Waals surface area (Å²) < 4.78 is 31.0. The molecule has 0 amide bonds. The molecule has 0 saturated carbocycles. The molecule has 3 N–H and O–H groups in total. The Kier molecular flexibility index (Phi) is 2.76. The molecule has 2 aromatic rings. The highest BCUT2D eigenvalue weighted by atomic mass is 32.2. The van der Waals surface area contributed by atoms with Crippen LogP contribution in [0.25, 0.3) is 0 Å². The smallest absolute Gasteiger partial charge is 0.262 e. The molecule has 17 heavy (non-hydrogen) atoms. The second-order valence-corrected chi connectivity index (χ2v) is 5.14. The standard InChI is InChI=1S/C10H11N3O3S/c1-7-9(11)3-2-4-10(7)17(14,15)13-8-5-12-16-6-8/h2-6,13H,11H2,1H3. The predicted octanol–water partition coefficient (Wildman–Crippen LogP) is 1.37. The van der Waals surface area contributed by atoms with Gasteiger partial charge >= 0.3 is 0 Å². The highest BCUT2D eigenvalue weighted by Crippen LogP contribution is 2.22. The minimum atomic E-state index is -3.67. The van der Waals surface area contributed by atoms with Gasteiger partial charge in [0.2, 0.25) is 0 Å². The van der Waals surface area contributed by atoms with Gasteiger partial charge in [-0.05, 0) is 24.6 Å². The van der Waals surface area contributed by atoms with Crippen molar-refractivity contribution in [3.05, 3.63) is 36.2 Å². The van der Waals surface area contributed by atoms with Gasteiger partial charge in [-0.1, -0.05) is 11.2 Å². The Balaban J connectivity index is 2.42. The van der Waals surface area contributed by atoms with Crippen molar-refractivity contribution < 1.29 is 12.9 Å². The second-order valence-electron chi connectivity index (χ2n) is 3.49. The van der Waals surface area contributed by atoms with Gasteiger partial charge in [0.15, 0.2) is 0 Å². The number of hydrogen-bond donors (Lipinski definition) is 2. The fourth-order valence-electron chi connectivity index (χ4n) is 1.39. The van der Waals surface area contributed by atoms with Crippen LogP contribution in [0, 0.1) is 6.92 Å². The lowest BCUT2D eigenvalue weighted by Gasteiger charge is -2.09. The summed E-state index contributed by atoms with van der Waals surface area (Å²) in [4.78, 5) is 0.138. The Bertz CT molecular complexity index is 620. The number of hydrogen-bond acceptors (Lipinski definition) is 5. The maximum absolute atomic E-state index is 12.0. The van der Waals surface area contributed by atoms with E-state index in [2.05, 4.69) is 14.4 Å². The molecule has 2 rings (SSSR count). The van der Waals surface area contributed by atoms with Crippen molar-refractivity contribution in [3.63, 3.8) is 0 Å². The molecule has 0 aliphatic rings. The maximum Gasteiger partial charge on any atom is 0.262 e. The van der Waals surface area contributed by atoms with Crippen molar-refractivity contribution in [2.24, 2.45) is 0 Å². The van der Waals surface area contributed by atoms with E-state index < -0.39 is 10.0 Å². The maximum atomic E-state index is 12.0. The van der Waals surface area contributed by atoms with Crippen LogP contribution in [0.3, 0.4) is 0 Å². The highest BCUT2D eigenvalue weighted by molar-refractivity contribution is 7.92. The van der Waals surface area contributed by atoms with Crippen LogP contribution in [-0.2, 0) is 10.0 Å². The minimum absolute atomic E-state index is 0.138. The zero-order valence-corrected chi connectivity index (χ0v) is 9.86. The molecule has 1 aromatic heterocycles. The third-order valence-corrected chi connectivity index (χ3v) is 3.83. The van der Waals surface area contributed by atoms with Gasteiger partial charge in [0.05, 0.1) is 11.1 Å². The van der Waals surface area contributed by atoms with Gasteiger partial charge in [0.1, 0.15) is 12.0 Å². The molecule has 0 saturated heterocycles. The van der Waals surface area contributed by atoms with E-state index in [1.54, 1.807) is 19.1 Å².